The second-order valence-electron chi connectivity index (χ2n) is 5.98. The van der Waals surface area contributed by atoms with Crippen molar-refractivity contribution in [3.8, 4) is 11.4 Å². The molecular weight excluding hydrogens is 342 g/mol. The number of rotatable bonds is 6. The Kier molecular flexibility index (Phi) is 5.63. The summed E-state index contributed by atoms with van der Waals surface area (Å²) in [7, 11) is 0. The lowest BCUT2D eigenvalue weighted by Crippen LogP contribution is -2.21. The average Bonchev–Trinajstić information content (AvgIpc) is 3.03. The highest BCUT2D eigenvalue weighted by atomic mass is 32.1. The third-order valence-corrected chi connectivity index (χ3v) is 4.67. The smallest absolute Gasteiger partial charge is 0.216 e. The van der Waals surface area contributed by atoms with Crippen molar-refractivity contribution in [2.24, 2.45) is 5.10 Å². The molecule has 0 fully saturated rings. The molecule has 2 aromatic carbocycles. The molecule has 0 aliphatic carbocycles. The van der Waals surface area contributed by atoms with Crippen molar-refractivity contribution < 1.29 is 0 Å². The molecule has 1 aromatic heterocycles. The van der Waals surface area contributed by atoms with Gasteiger partial charge in [-0.1, -0.05) is 24.3 Å². The molecule has 0 radical (unpaired) electrons. The van der Waals surface area contributed by atoms with Gasteiger partial charge in [0.2, 0.25) is 4.77 Å². The number of anilines is 1. The lowest BCUT2D eigenvalue weighted by molar-refractivity contribution is 0.864. The quantitative estimate of drug-likeness (QED) is 0.511. The first-order chi connectivity index (χ1) is 12.6. The van der Waals surface area contributed by atoms with Crippen molar-refractivity contribution >= 4 is 24.1 Å². The van der Waals surface area contributed by atoms with E-state index in [2.05, 4.69) is 71.3 Å². The van der Waals surface area contributed by atoms with E-state index < -0.39 is 0 Å². The van der Waals surface area contributed by atoms with Crippen LogP contribution in [-0.4, -0.2) is 34.2 Å². The summed E-state index contributed by atoms with van der Waals surface area (Å²) >= 11 is 5.35. The van der Waals surface area contributed by atoms with Crippen molar-refractivity contribution in [1.29, 1.82) is 0 Å². The summed E-state index contributed by atoms with van der Waals surface area (Å²) < 4.78 is 2.13. The largest absolute Gasteiger partial charge is 0.372 e. The number of hydrogen-bond acceptors (Lipinski definition) is 4. The molecule has 0 atom stereocenters. The van der Waals surface area contributed by atoms with Crippen molar-refractivity contribution in [2.45, 2.75) is 20.8 Å². The Labute approximate surface area is 159 Å². The van der Waals surface area contributed by atoms with Gasteiger partial charge in [0.25, 0.3) is 0 Å². The van der Waals surface area contributed by atoms with Gasteiger partial charge < -0.3 is 4.90 Å². The van der Waals surface area contributed by atoms with Crippen molar-refractivity contribution in [2.75, 3.05) is 18.0 Å². The van der Waals surface area contributed by atoms with Crippen LogP contribution < -0.4 is 4.90 Å². The Hall–Kier alpha value is -2.73. The highest BCUT2D eigenvalue weighted by Gasteiger charge is 2.09. The van der Waals surface area contributed by atoms with E-state index >= 15 is 0 Å². The Morgan fingerprint density at radius 3 is 2.46 bits per heavy atom. The van der Waals surface area contributed by atoms with Gasteiger partial charge in [-0.2, -0.15) is 14.9 Å². The molecule has 5 nitrogen and oxygen atoms in total. The summed E-state index contributed by atoms with van der Waals surface area (Å²) in [5.74, 6) is 0.700. The van der Waals surface area contributed by atoms with Crippen LogP contribution >= 0.6 is 12.2 Å². The van der Waals surface area contributed by atoms with E-state index in [1.54, 1.807) is 4.68 Å². The Morgan fingerprint density at radius 2 is 1.81 bits per heavy atom. The molecule has 0 saturated carbocycles. The standard InChI is InChI=1S/C20H23N5S/c1-4-24(5-2)18-12-10-16(11-13-18)19-22-23-20(26)25(19)21-14-17-9-7-6-8-15(17)3/h6-14H,4-5H2,1-3H3,(H,23,26). The van der Waals surface area contributed by atoms with Gasteiger partial charge in [-0.05, 0) is 68.4 Å². The van der Waals surface area contributed by atoms with Gasteiger partial charge in [0.05, 0.1) is 6.21 Å². The minimum Gasteiger partial charge on any atom is -0.372 e. The van der Waals surface area contributed by atoms with E-state index in [1.165, 1.54) is 5.69 Å². The summed E-state index contributed by atoms with van der Waals surface area (Å²) in [4.78, 5) is 2.30. The van der Waals surface area contributed by atoms with Gasteiger partial charge in [-0.3, -0.25) is 0 Å². The number of aromatic amines is 1. The molecule has 0 aliphatic rings. The maximum absolute atomic E-state index is 5.35. The third-order valence-electron chi connectivity index (χ3n) is 4.41. The van der Waals surface area contributed by atoms with Gasteiger partial charge in [0, 0.05) is 24.3 Å². The molecule has 6 heteroatoms. The zero-order chi connectivity index (χ0) is 18.5. The van der Waals surface area contributed by atoms with E-state index in [4.69, 9.17) is 12.2 Å². The molecule has 26 heavy (non-hydrogen) atoms. The summed E-state index contributed by atoms with van der Waals surface area (Å²) in [6, 6.07) is 16.4. The van der Waals surface area contributed by atoms with Gasteiger partial charge >= 0.3 is 0 Å². The Balaban J connectivity index is 1.93. The summed E-state index contributed by atoms with van der Waals surface area (Å²) in [6.45, 7) is 8.33. The normalized spacial score (nSPS) is 11.2. The Morgan fingerprint density at radius 1 is 1.12 bits per heavy atom. The summed E-state index contributed by atoms with van der Waals surface area (Å²) in [5.41, 5.74) is 4.38. The second kappa shape index (κ2) is 8.10. The predicted molar refractivity (Wildman–Crippen MR) is 111 cm³/mol. The minimum absolute atomic E-state index is 0.470. The number of nitrogens with one attached hydrogen (secondary N) is 1. The van der Waals surface area contributed by atoms with Crippen LogP contribution in [0.2, 0.25) is 0 Å². The van der Waals surface area contributed by atoms with E-state index in [-0.39, 0.29) is 0 Å². The van der Waals surface area contributed by atoms with Gasteiger partial charge in [0.1, 0.15) is 0 Å². The van der Waals surface area contributed by atoms with Crippen LogP contribution in [0.5, 0.6) is 0 Å². The Bertz CT molecular complexity index is 949. The number of hydrogen-bond donors (Lipinski definition) is 1. The maximum atomic E-state index is 5.35. The molecular formula is C20H23N5S. The van der Waals surface area contributed by atoms with Crippen molar-refractivity contribution in [3.05, 3.63) is 64.4 Å². The van der Waals surface area contributed by atoms with Crippen LogP contribution in [0.15, 0.2) is 53.6 Å². The number of nitrogens with zero attached hydrogens (tertiary/aromatic N) is 4. The molecule has 1 N–H and O–H groups in total. The topological polar surface area (TPSA) is 49.2 Å². The van der Waals surface area contributed by atoms with E-state index in [0.29, 0.717) is 10.6 Å². The first-order valence-electron chi connectivity index (χ1n) is 8.76. The molecule has 0 spiro atoms. The number of H-pyrrole nitrogens is 1. The number of benzene rings is 2. The number of aryl methyl sites for hydroxylation is 1. The second-order valence-corrected chi connectivity index (χ2v) is 6.37. The average molecular weight is 366 g/mol. The zero-order valence-corrected chi connectivity index (χ0v) is 16.1. The maximum Gasteiger partial charge on any atom is 0.216 e. The van der Waals surface area contributed by atoms with Crippen LogP contribution in [-0.2, 0) is 0 Å². The van der Waals surface area contributed by atoms with Crippen molar-refractivity contribution in [3.63, 3.8) is 0 Å². The highest BCUT2D eigenvalue weighted by molar-refractivity contribution is 7.71. The molecule has 0 amide bonds. The first-order valence-corrected chi connectivity index (χ1v) is 9.17. The van der Waals surface area contributed by atoms with Crippen LogP contribution in [0.25, 0.3) is 11.4 Å². The summed E-state index contributed by atoms with van der Waals surface area (Å²) in [5, 5.41) is 11.7. The molecule has 0 aliphatic heterocycles. The predicted octanol–water partition coefficient (Wildman–Crippen LogP) is 4.64. The van der Waals surface area contributed by atoms with E-state index in [9.17, 15) is 0 Å². The first kappa shape index (κ1) is 18.1. The highest BCUT2D eigenvalue weighted by Crippen LogP contribution is 2.22. The van der Waals surface area contributed by atoms with Crippen LogP contribution in [0, 0.1) is 11.7 Å². The van der Waals surface area contributed by atoms with Crippen LogP contribution in [0.3, 0.4) is 0 Å². The molecule has 0 saturated heterocycles. The lowest BCUT2D eigenvalue weighted by Gasteiger charge is -2.20. The molecule has 1 heterocycles. The fourth-order valence-corrected chi connectivity index (χ4v) is 3.03. The molecule has 0 bridgehead atoms. The fraction of sp³-hybridized carbons (Fsp3) is 0.250. The molecule has 3 aromatic rings. The van der Waals surface area contributed by atoms with Gasteiger partial charge in [-0.25, -0.2) is 5.10 Å². The van der Waals surface area contributed by atoms with E-state index in [0.717, 1.165) is 29.8 Å². The van der Waals surface area contributed by atoms with Crippen LogP contribution in [0.4, 0.5) is 5.69 Å². The fourth-order valence-electron chi connectivity index (χ4n) is 2.85. The van der Waals surface area contributed by atoms with Gasteiger partial charge in [-0.15, -0.1) is 0 Å². The monoisotopic (exact) mass is 365 g/mol. The molecule has 0 unspecified atom stereocenters. The molecule has 134 valence electrons. The van der Waals surface area contributed by atoms with Crippen molar-refractivity contribution in [1.82, 2.24) is 14.9 Å². The van der Waals surface area contributed by atoms with Gasteiger partial charge in [0.15, 0.2) is 5.82 Å². The third kappa shape index (κ3) is 3.75. The SMILES string of the molecule is CCN(CC)c1ccc(-c2n[nH]c(=S)n2N=Cc2ccccc2C)cc1. The molecule has 3 rings (SSSR count). The lowest BCUT2D eigenvalue weighted by atomic mass is 10.1. The number of aromatic nitrogens is 3. The minimum atomic E-state index is 0.470. The zero-order valence-electron chi connectivity index (χ0n) is 15.3. The van der Waals surface area contributed by atoms with Crippen LogP contribution in [0.1, 0.15) is 25.0 Å². The van der Waals surface area contributed by atoms with E-state index in [1.807, 2.05) is 24.4 Å². The summed E-state index contributed by atoms with van der Waals surface area (Å²) in [6.07, 6.45) is 1.81.